The molecule has 1 aliphatic heterocycles. The zero-order valence-electron chi connectivity index (χ0n) is 18.9. The van der Waals surface area contributed by atoms with E-state index in [1.165, 1.54) is 90.0 Å². The average molecular weight is 344 g/mol. The van der Waals surface area contributed by atoms with Crippen molar-refractivity contribution in [2.24, 2.45) is 0 Å². The third-order valence-electron chi connectivity index (χ3n) is 4.55. The van der Waals surface area contributed by atoms with Gasteiger partial charge in [-0.15, -0.1) is 0 Å². The quantitative estimate of drug-likeness (QED) is 0.379. The predicted octanol–water partition coefficient (Wildman–Crippen LogP) is 8.47. The fraction of sp³-hybridized carbons (Fsp3) is 1.00. The molecule has 1 unspecified atom stereocenters. The van der Waals surface area contributed by atoms with Crippen molar-refractivity contribution < 1.29 is 0 Å². The van der Waals surface area contributed by atoms with Crippen LogP contribution in [0.5, 0.6) is 0 Å². The largest absolute Gasteiger partial charge is 0.304 e. The van der Waals surface area contributed by atoms with E-state index in [1.807, 2.05) is 13.8 Å². The maximum atomic E-state index is 2.40. The van der Waals surface area contributed by atoms with Gasteiger partial charge in [-0.05, 0) is 33.4 Å². The van der Waals surface area contributed by atoms with Gasteiger partial charge >= 0.3 is 0 Å². The summed E-state index contributed by atoms with van der Waals surface area (Å²) in [6, 6.07) is 0.847. The lowest BCUT2D eigenvalue weighted by Gasteiger charge is -2.12. The van der Waals surface area contributed by atoms with Gasteiger partial charge in [-0.1, -0.05) is 112 Å². The first-order chi connectivity index (χ1) is 11.6. The Bertz CT molecular complexity index is 161. The average Bonchev–Trinajstić information content (AvgIpc) is 2.99. The minimum Gasteiger partial charge on any atom is -0.304 e. The van der Waals surface area contributed by atoms with Crippen molar-refractivity contribution in [3.05, 3.63) is 0 Å². The molecule has 1 fully saturated rings. The second kappa shape index (κ2) is 27.8. The maximum Gasteiger partial charge on any atom is 0.00643 e. The predicted molar refractivity (Wildman–Crippen MR) is 116 cm³/mol. The van der Waals surface area contributed by atoms with Gasteiger partial charge in [-0.25, -0.2) is 0 Å². The van der Waals surface area contributed by atoms with Gasteiger partial charge in [-0.2, -0.15) is 0 Å². The van der Waals surface area contributed by atoms with Crippen LogP contribution in [-0.2, 0) is 0 Å². The second-order valence-corrected chi connectivity index (χ2v) is 6.95. The first-order valence-corrected chi connectivity index (χ1v) is 11.3. The lowest BCUT2D eigenvalue weighted by Crippen LogP contribution is -2.20. The van der Waals surface area contributed by atoms with Crippen LogP contribution >= 0.6 is 0 Å². The van der Waals surface area contributed by atoms with Crippen molar-refractivity contribution in [3.8, 4) is 0 Å². The highest BCUT2D eigenvalue weighted by atomic mass is 15.1. The Kier molecular flexibility index (Phi) is 33.3. The SMILES string of the molecule is CC.CC1CCCN1C.CCCCCC.CCCCCCCCC. The van der Waals surface area contributed by atoms with Gasteiger partial charge in [0, 0.05) is 6.04 Å². The lowest BCUT2D eigenvalue weighted by atomic mass is 10.1. The van der Waals surface area contributed by atoms with E-state index in [0.717, 1.165) is 6.04 Å². The van der Waals surface area contributed by atoms with Gasteiger partial charge in [0.1, 0.15) is 0 Å². The molecule has 1 nitrogen and oxygen atoms in total. The summed E-state index contributed by atoms with van der Waals surface area (Å²) in [5, 5.41) is 0. The fourth-order valence-electron chi connectivity index (χ4n) is 2.61. The number of rotatable bonds is 9. The first kappa shape index (κ1) is 28.8. The van der Waals surface area contributed by atoms with E-state index in [9.17, 15) is 0 Å². The Balaban J connectivity index is -0.000000266. The van der Waals surface area contributed by atoms with E-state index in [2.05, 4.69) is 46.6 Å². The van der Waals surface area contributed by atoms with Crippen LogP contribution in [0.2, 0.25) is 0 Å². The molecule has 0 aliphatic carbocycles. The Morgan fingerprint density at radius 1 is 0.667 bits per heavy atom. The second-order valence-electron chi connectivity index (χ2n) is 6.95. The molecule has 1 heteroatoms. The normalized spacial score (nSPS) is 16.2. The van der Waals surface area contributed by atoms with E-state index in [-0.39, 0.29) is 0 Å². The molecule has 1 aliphatic rings. The third kappa shape index (κ3) is 26.8. The van der Waals surface area contributed by atoms with Crippen molar-refractivity contribution in [2.45, 2.75) is 138 Å². The zero-order chi connectivity index (χ0) is 19.1. The molecule has 0 bridgehead atoms. The van der Waals surface area contributed by atoms with Gasteiger partial charge in [0.15, 0.2) is 0 Å². The van der Waals surface area contributed by atoms with Crippen LogP contribution in [0.1, 0.15) is 132 Å². The number of nitrogens with zero attached hydrogens (tertiary/aromatic N) is 1. The molecule has 1 atom stereocenters. The molecule has 1 saturated heterocycles. The molecular weight excluding hydrogens is 290 g/mol. The Morgan fingerprint density at radius 2 is 1.00 bits per heavy atom. The molecule has 0 saturated carbocycles. The molecule has 0 aromatic carbocycles. The first-order valence-electron chi connectivity index (χ1n) is 11.3. The highest BCUT2D eigenvalue weighted by Gasteiger charge is 2.14. The highest BCUT2D eigenvalue weighted by Crippen LogP contribution is 2.12. The summed E-state index contributed by atoms with van der Waals surface area (Å²) in [4.78, 5) is 2.40. The fourth-order valence-corrected chi connectivity index (χ4v) is 2.61. The minimum atomic E-state index is 0.847. The van der Waals surface area contributed by atoms with Gasteiger partial charge in [0.25, 0.3) is 0 Å². The third-order valence-corrected chi connectivity index (χ3v) is 4.55. The number of unbranched alkanes of at least 4 members (excludes halogenated alkanes) is 9. The van der Waals surface area contributed by atoms with Crippen LogP contribution in [0.15, 0.2) is 0 Å². The van der Waals surface area contributed by atoms with Crippen LogP contribution in [0.25, 0.3) is 0 Å². The van der Waals surface area contributed by atoms with Gasteiger partial charge in [0.05, 0.1) is 0 Å². The smallest absolute Gasteiger partial charge is 0.00643 e. The van der Waals surface area contributed by atoms with Crippen LogP contribution < -0.4 is 0 Å². The summed E-state index contributed by atoms with van der Waals surface area (Å²) in [6.07, 6.45) is 18.3. The molecule has 150 valence electrons. The van der Waals surface area contributed by atoms with Gasteiger partial charge < -0.3 is 4.90 Å². The van der Waals surface area contributed by atoms with Crippen molar-refractivity contribution >= 4 is 0 Å². The van der Waals surface area contributed by atoms with E-state index < -0.39 is 0 Å². The zero-order valence-corrected chi connectivity index (χ0v) is 18.9. The van der Waals surface area contributed by atoms with Gasteiger partial charge in [0.2, 0.25) is 0 Å². The molecule has 1 rings (SSSR count). The number of likely N-dealkylation sites (tertiary alicyclic amines) is 1. The Hall–Kier alpha value is -0.0400. The summed E-state index contributed by atoms with van der Waals surface area (Å²) in [5.41, 5.74) is 0. The van der Waals surface area contributed by atoms with Crippen LogP contribution in [0, 0.1) is 0 Å². The van der Waals surface area contributed by atoms with Crippen LogP contribution in [0.3, 0.4) is 0 Å². The molecule has 0 radical (unpaired) electrons. The molecule has 0 aromatic heterocycles. The summed E-state index contributed by atoms with van der Waals surface area (Å²) in [5.74, 6) is 0. The molecule has 1 heterocycles. The van der Waals surface area contributed by atoms with Crippen LogP contribution in [0.4, 0.5) is 0 Å². The molecule has 0 aromatic rings. The van der Waals surface area contributed by atoms with E-state index >= 15 is 0 Å². The van der Waals surface area contributed by atoms with Gasteiger partial charge in [-0.3, -0.25) is 0 Å². The number of hydrogen-bond acceptors (Lipinski definition) is 1. The standard InChI is InChI=1S/C9H20.C6H13N.C6H14.C2H6/c1-3-5-7-9-8-6-4-2;1-6-4-3-5-7(6)2;1-3-5-6-4-2;1-2/h3-9H2,1-2H3;6H,3-5H2,1-2H3;3-6H2,1-2H3;1-2H3. The monoisotopic (exact) mass is 343 g/mol. The molecule has 0 amide bonds. The molecule has 24 heavy (non-hydrogen) atoms. The van der Waals surface area contributed by atoms with Crippen LogP contribution in [-0.4, -0.2) is 24.5 Å². The minimum absolute atomic E-state index is 0.847. The van der Waals surface area contributed by atoms with E-state index in [0.29, 0.717) is 0 Å². The highest BCUT2D eigenvalue weighted by molar-refractivity contribution is 4.70. The van der Waals surface area contributed by atoms with E-state index in [4.69, 9.17) is 0 Å². The molecular formula is C23H53N. The van der Waals surface area contributed by atoms with Crippen molar-refractivity contribution in [1.82, 2.24) is 4.90 Å². The summed E-state index contributed by atoms with van der Waals surface area (Å²) in [7, 11) is 2.19. The Morgan fingerprint density at radius 3 is 1.21 bits per heavy atom. The topological polar surface area (TPSA) is 3.24 Å². The molecule has 0 N–H and O–H groups in total. The lowest BCUT2D eigenvalue weighted by molar-refractivity contribution is 0.331. The number of hydrogen-bond donors (Lipinski definition) is 0. The summed E-state index contributed by atoms with van der Waals surface area (Å²) in [6.45, 7) is 16.6. The van der Waals surface area contributed by atoms with Crippen molar-refractivity contribution in [2.75, 3.05) is 13.6 Å². The van der Waals surface area contributed by atoms with E-state index in [1.54, 1.807) is 0 Å². The summed E-state index contributed by atoms with van der Waals surface area (Å²) < 4.78 is 0. The maximum absolute atomic E-state index is 2.40. The van der Waals surface area contributed by atoms with Crippen molar-refractivity contribution in [3.63, 3.8) is 0 Å². The van der Waals surface area contributed by atoms with Crippen molar-refractivity contribution in [1.29, 1.82) is 0 Å². The Labute approximate surface area is 157 Å². The summed E-state index contributed by atoms with van der Waals surface area (Å²) >= 11 is 0. The molecule has 0 spiro atoms.